The SMILES string of the molecule is O=C(O)CCN(Cc1cc(F)cc(C(F)(F)F)c1)C1CC1. The summed E-state index contributed by atoms with van der Waals surface area (Å²) >= 11 is 0. The van der Waals surface area contributed by atoms with Gasteiger partial charge in [0.05, 0.1) is 12.0 Å². The van der Waals surface area contributed by atoms with Crippen LogP contribution in [0.15, 0.2) is 18.2 Å². The summed E-state index contributed by atoms with van der Waals surface area (Å²) in [5, 5.41) is 8.69. The molecule has 0 aliphatic heterocycles. The minimum Gasteiger partial charge on any atom is -0.481 e. The topological polar surface area (TPSA) is 40.5 Å². The average Bonchev–Trinajstić information content (AvgIpc) is 3.16. The highest BCUT2D eigenvalue weighted by Crippen LogP contribution is 2.32. The van der Waals surface area contributed by atoms with Crippen LogP contribution in [-0.4, -0.2) is 28.6 Å². The lowest BCUT2D eigenvalue weighted by atomic mass is 10.1. The fourth-order valence-electron chi connectivity index (χ4n) is 2.21. The molecule has 1 aliphatic carbocycles. The molecule has 0 radical (unpaired) electrons. The molecule has 1 aromatic carbocycles. The van der Waals surface area contributed by atoms with E-state index in [-0.39, 0.29) is 31.1 Å². The molecule has 0 aromatic heterocycles. The van der Waals surface area contributed by atoms with Crippen molar-refractivity contribution in [2.45, 2.75) is 38.0 Å². The number of benzene rings is 1. The third kappa shape index (κ3) is 4.70. The Bertz CT molecular complexity index is 526. The van der Waals surface area contributed by atoms with Crippen LogP contribution in [0, 0.1) is 5.82 Å². The van der Waals surface area contributed by atoms with E-state index in [2.05, 4.69) is 0 Å². The summed E-state index contributed by atoms with van der Waals surface area (Å²) in [5.74, 6) is -1.90. The standard InChI is InChI=1S/C14H15F4NO2/c15-11-6-9(5-10(7-11)14(16,17)18)8-19(12-1-2-12)4-3-13(20)21/h5-7,12H,1-4,8H2,(H,20,21). The molecule has 21 heavy (non-hydrogen) atoms. The highest BCUT2D eigenvalue weighted by atomic mass is 19.4. The fraction of sp³-hybridized carbons (Fsp3) is 0.500. The van der Waals surface area contributed by atoms with Crippen LogP contribution in [0.25, 0.3) is 0 Å². The minimum atomic E-state index is -4.59. The zero-order valence-electron chi connectivity index (χ0n) is 11.2. The van der Waals surface area contributed by atoms with Gasteiger partial charge in [-0.05, 0) is 36.6 Å². The van der Waals surface area contributed by atoms with E-state index in [1.54, 1.807) is 4.90 Å². The zero-order chi connectivity index (χ0) is 15.6. The van der Waals surface area contributed by atoms with Crippen LogP contribution in [0.3, 0.4) is 0 Å². The van der Waals surface area contributed by atoms with Gasteiger partial charge in [0, 0.05) is 19.1 Å². The third-order valence-corrected chi connectivity index (χ3v) is 3.35. The van der Waals surface area contributed by atoms with Crippen LogP contribution in [-0.2, 0) is 17.5 Å². The normalized spacial score (nSPS) is 15.5. The summed E-state index contributed by atoms with van der Waals surface area (Å²) in [6, 6.07) is 2.62. The molecule has 1 aliphatic rings. The summed E-state index contributed by atoms with van der Waals surface area (Å²) in [7, 11) is 0. The molecule has 0 saturated heterocycles. The highest BCUT2D eigenvalue weighted by Gasteiger charge is 2.33. The Hall–Kier alpha value is -1.63. The highest BCUT2D eigenvalue weighted by molar-refractivity contribution is 5.66. The number of aliphatic carboxylic acids is 1. The lowest BCUT2D eigenvalue weighted by molar-refractivity contribution is -0.138. The first-order chi connectivity index (χ1) is 9.75. The molecule has 0 amide bonds. The van der Waals surface area contributed by atoms with E-state index in [1.165, 1.54) is 0 Å². The van der Waals surface area contributed by atoms with Crippen LogP contribution < -0.4 is 0 Å². The second-order valence-electron chi connectivity index (χ2n) is 5.19. The minimum absolute atomic E-state index is 0.0854. The number of carboxylic acids is 1. The van der Waals surface area contributed by atoms with Gasteiger partial charge in [-0.3, -0.25) is 9.69 Å². The van der Waals surface area contributed by atoms with Crippen molar-refractivity contribution in [2.75, 3.05) is 6.54 Å². The van der Waals surface area contributed by atoms with Gasteiger partial charge in [0.1, 0.15) is 5.82 Å². The smallest absolute Gasteiger partial charge is 0.416 e. The lowest BCUT2D eigenvalue weighted by Crippen LogP contribution is -2.28. The number of nitrogens with zero attached hydrogens (tertiary/aromatic N) is 1. The van der Waals surface area contributed by atoms with Gasteiger partial charge in [0.25, 0.3) is 0 Å². The molecular weight excluding hydrogens is 290 g/mol. The van der Waals surface area contributed by atoms with Crippen LogP contribution >= 0.6 is 0 Å². The predicted octanol–water partition coefficient (Wildman–Crippen LogP) is 3.28. The summed E-state index contributed by atoms with van der Waals surface area (Å²) in [6.07, 6.45) is -2.90. The number of carboxylic acid groups (broad SMARTS) is 1. The van der Waals surface area contributed by atoms with Crippen molar-refractivity contribution >= 4 is 5.97 Å². The first-order valence-electron chi connectivity index (χ1n) is 6.58. The van der Waals surface area contributed by atoms with Gasteiger partial charge in [0.15, 0.2) is 0 Å². The maximum absolute atomic E-state index is 13.3. The summed E-state index contributed by atoms with van der Waals surface area (Å²) < 4.78 is 51.3. The molecule has 1 saturated carbocycles. The fourth-order valence-corrected chi connectivity index (χ4v) is 2.21. The first-order valence-corrected chi connectivity index (χ1v) is 6.58. The monoisotopic (exact) mass is 305 g/mol. The molecule has 0 unspecified atom stereocenters. The Balaban J connectivity index is 2.12. The molecule has 2 rings (SSSR count). The molecule has 1 fully saturated rings. The molecule has 0 bridgehead atoms. The van der Waals surface area contributed by atoms with E-state index in [9.17, 15) is 22.4 Å². The molecule has 0 atom stereocenters. The molecule has 3 nitrogen and oxygen atoms in total. The Morgan fingerprint density at radius 3 is 2.48 bits per heavy atom. The van der Waals surface area contributed by atoms with Crippen molar-refractivity contribution in [3.05, 3.63) is 35.1 Å². The van der Waals surface area contributed by atoms with Crippen molar-refractivity contribution in [3.63, 3.8) is 0 Å². The van der Waals surface area contributed by atoms with E-state index in [4.69, 9.17) is 5.11 Å². The molecule has 0 heterocycles. The van der Waals surface area contributed by atoms with E-state index >= 15 is 0 Å². The zero-order valence-corrected chi connectivity index (χ0v) is 11.2. The maximum Gasteiger partial charge on any atom is 0.416 e. The number of carbonyl (C=O) groups is 1. The maximum atomic E-state index is 13.3. The van der Waals surface area contributed by atoms with Gasteiger partial charge in [-0.2, -0.15) is 13.2 Å². The molecule has 7 heteroatoms. The van der Waals surface area contributed by atoms with E-state index < -0.39 is 23.5 Å². The summed E-state index contributed by atoms with van der Waals surface area (Å²) in [4.78, 5) is 12.4. The molecule has 0 spiro atoms. The Morgan fingerprint density at radius 1 is 1.29 bits per heavy atom. The van der Waals surface area contributed by atoms with Gasteiger partial charge in [-0.1, -0.05) is 0 Å². The lowest BCUT2D eigenvalue weighted by Gasteiger charge is -2.21. The van der Waals surface area contributed by atoms with Gasteiger partial charge in [-0.15, -0.1) is 0 Å². The summed E-state index contributed by atoms with van der Waals surface area (Å²) in [6.45, 7) is 0.372. The molecule has 1 N–H and O–H groups in total. The van der Waals surface area contributed by atoms with Crippen molar-refractivity contribution in [1.29, 1.82) is 0 Å². The largest absolute Gasteiger partial charge is 0.481 e. The van der Waals surface area contributed by atoms with Crippen LogP contribution in [0.2, 0.25) is 0 Å². The van der Waals surface area contributed by atoms with Crippen LogP contribution in [0.1, 0.15) is 30.4 Å². The van der Waals surface area contributed by atoms with Gasteiger partial charge in [-0.25, -0.2) is 4.39 Å². The van der Waals surface area contributed by atoms with Crippen molar-refractivity contribution in [2.24, 2.45) is 0 Å². The Labute approximate surface area is 119 Å². The average molecular weight is 305 g/mol. The third-order valence-electron chi connectivity index (χ3n) is 3.35. The number of rotatable bonds is 6. The second-order valence-corrected chi connectivity index (χ2v) is 5.19. The van der Waals surface area contributed by atoms with Gasteiger partial charge < -0.3 is 5.11 Å². The number of hydrogen-bond acceptors (Lipinski definition) is 2. The number of hydrogen-bond donors (Lipinski definition) is 1. The van der Waals surface area contributed by atoms with E-state index in [0.29, 0.717) is 6.07 Å². The molecule has 116 valence electrons. The van der Waals surface area contributed by atoms with Crippen LogP contribution in [0.5, 0.6) is 0 Å². The van der Waals surface area contributed by atoms with Crippen molar-refractivity contribution in [3.8, 4) is 0 Å². The van der Waals surface area contributed by atoms with Gasteiger partial charge >= 0.3 is 12.1 Å². The van der Waals surface area contributed by atoms with Crippen molar-refractivity contribution in [1.82, 2.24) is 4.90 Å². The number of halogens is 4. The Morgan fingerprint density at radius 2 is 1.95 bits per heavy atom. The second kappa shape index (κ2) is 6.01. The van der Waals surface area contributed by atoms with E-state index in [1.807, 2.05) is 0 Å². The molecular formula is C14H15F4NO2. The van der Waals surface area contributed by atoms with Crippen LogP contribution in [0.4, 0.5) is 17.6 Å². The summed E-state index contributed by atoms with van der Waals surface area (Å²) in [5.41, 5.74) is -0.814. The Kier molecular flexibility index (Phi) is 4.51. The number of alkyl halides is 3. The van der Waals surface area contributed by atoms with E-state index in [0.717, 1.165) is 25.0 Å². The quantitative estimate of drug-likeness (QED) is 0.820. The molecule has 1 aromatic rings. The van der Waals surface area contributed by atoms with Crippen molar-refractivity contribution < 1.29 is 27.5 Å². The first kappa shape index (κ1) is 15.8. The van der Waals surface area contributed by atoms with Gasteiger partial charge in [0.2, 0.25) is 0 Å². The predicted molar refractivity (Wildman–Crippen MR) is 67.1 cm³/mol.